The van der Waals surface area contributed by atoms with Crippen molar-refractivity contribution in [3.8, 4) is 0 Å². The van der Waals surface area contributed by atoms with Crippen LogP contribution in [0.25, 0.3) is 10.9 Å². The zero-order chi connectivity index (χ0) is 13.6. The summed E-state index contributed by atoms with van der Waals surface area (Å²) >= 11 is 0. The monoisotopic (exact) mass is 257 g/mol. The summed E-state index contributed by atoms with van der Waals surface area (Å²) in [5, 5.41) is 1.36. The average Bonchev–Trinajstić information content (AvgIpc) is 2.91. The van der Waals surface area contributed by atoms with Gasteiger partial charge in [0.15, 0.2) is 0 Å². The summed E-state index contributed by atoms with van der Waals surface area (Å²) in [7, 11) is 2.21. The van der Waals surface area contributed by atoms with Gasteiger partial charge in [0.25, 0.3) is 0 Å². The molecule has 0 aliphatic carbocycles. The molecule has 2 aromatic rings. The first kappa shape index (κ1) is 12.7. The number of nitrogens with one attached hydrogen (secondary N) is 1. The lowest BCUT2D eigenvalue weighted by molar-refractivity contribution is 0.314. The fourth-order valence-electron chi connectivity index (χ4n) is 3.35. The van der Waals surface area contributed by atoms with Crippen molar-refractivity contribution in [2.75, 3.05) is 20.1 Å². The molecule has 3 heteroatoms. The Kier molecular flexibility index (Phi) is 3.11. The van der Waals surface area contributed by atoms with E-state index in [-0.39, 0.29) is 0 Å². The van der Waals surface area contributed by atoms with E-state index in [4.69, 9.17) is 5.73 Å². The quantitative estimate of drug-likeness (QED) is 0.869. The molecule has 3 nitrogen and oxygen atoms in total. The molecule has 1 aliphatic rings. The van der Waals surface area contributed by atoms with Gasteiger partial charge in [0.05, 0.1) is 0 Å². The van der Waals surface area contributed by atoms with Crippen molar-refractivity contribution in [3.05, 3.63) is 35.0 Å². The number of hydrogen-bond acceptors (Lipinski definition) is 2. The maximum absolute atomic E-state index is 5.82. The second-order valence-corrected chi connectivity index (χ2v) is 5.97. The molecular formula is C16H23N3. The van der Waals surface area contributed by atoms with Crippen LogP contribution < -0.4 is 5.73 Å². The van der Waals surface area contributed by atoms with Gasteiger partial charge in [0.2, 0.25) is 0 Å². The number of aromatic amines is 1. The third kappa shape index (κ3) is 2.07. The molecule has 102 valence electrons. The van der Waals surface area contributed by atoms with E-state index in [9.17, 15) is 0 Å². The van der Waals surface area contributed by atoms with E-state index in [0.29, 0.717) is 12.0 Å². The molecular weight excluding hydrogens is 234 g/mol. The zero-order valence-corrected chi connectivity index (χ0v) is 12.0. The Labute approximate surface area is 114 Å². The molecule has 2 unspecified atom stereocenters. The summed E-state index contributed by atoms with van der Waals surface area (Å²) in [6.07, 6.45) is 1.18. The van der Waals surface area contributed by atoms with E-state index < -0.39 is 0 Å². The van der Waals surface area contributed by atoms with Crippen LogP contribution in [0.1, 0.15) is 29.3 Å². The molecule has 0 radical (unpaired) electrons. The van der Waals surface area contributed by atoms with Crippen molar-refractivity contribution in [1.29, 1.82) is 0 Å². The number of nitrogens with two attached hydrogens (primary N) is 1. The van der Waals surface area contributed by atoms with Gasteiger partial charge in [-0.05, 0) is 63.0 Å². The van der Waals surface area contributed by atoms with Crippen LogP contribution in [-0.2, 0) is 0 Å². The van der Waals surface area contributed by atoms with Crippen LogP contribution in [0.4, 0.5) is 0 Å². The van der Waals surface area contributed by atoms with E-state index in [0.717, 1.165) is 13.1 Å². The maximum Gasteiger partial charge on any atom is 0.0458 e. The van der Waals surface area contributed by atoms with E-state index >= 15 is 0 Å². The normalized spacial score (nSPS) is 24.4. The Hall–Kier alpha value is -1.32. The van der Waals surface area contributed by atoms with Crippen molar-refractivity contribution < 1.29 is 0 Å². The predicted molar refractivity (Wildman–Crippen MR) is 80.3 cm³/mol. The molecule has 1 saturated heterocycles. The number of benzene rings is 1. The number of fused-ring (bicyclic) bond motifs is 1. The van der Waals surface area contributed by atoms with Crippen molar-refractivity contribution in [1.82, 2.24) is 9.88 Å². The molecule has 1 aliphatic heterocycles. The topological polar surface area (TPSA) is 45.1 Å². The SMILES string of the molecule is Cc1[nH]c2ccc(C3CC(CN)CN3C)cc2c1C. The molecule has 1 aromatic heterocycles. The highest BCUT2D eigenvalue weighted by Gasteiger charge is 2.29. The van der Waals surface area contributed by atoms with E-state index in [1.807, 2.05) is 0 Å². The van der Waals surface area contributed by atoms with Crippen LogP contribution in [0.2, 0.25) is 0 Å². The third-order valence-electron chi connectivity index (χ3n) is 4.69. The standard InChI is InChI=1S/C16H23N3/c1-10-11(2)18-15-5-4-13(7-14(10)15)16-6-12(8-17)9-19(16)3/h4-5,7,12,16,18H,6,8-9,17H2,1-3H3. The average molecular weight is 257 g/mol. The molecule has 0 amide bonds. The van der Waals surface area contributed by atoms with Gasteiger partial charge in [0, 0.05) is 29.2 Å². The number of nitrogens with zero attached hydrogens (tertiary/aromatic N) is 1. The first-order valence-electron chi connectivity index (χ1n) is 7.09. The van der Waals surface area contributed by atoms with Gasteiger partial charge in [-0.3, -0.25) is 4.90 Å². The highest BCUT2D eigenvalue weighted by atomic mass is 15.2. The first-order valence-corrected chi connectivity index (χ1v) is 7.09. The first-order chi connectivity index (χ1) is 9.10. The summed E-state index contributed by atoms with van der Waals surface area (Å²) in [6, 6.07) is 7.35. The Morgan fingerprint density at radius 3 is 2.84 bits per heavy atom. The smallest absolute Gasteiger partial charge is 0.0458 e. The minimum absolute atomic E-state index is 0.521. The van der Waals surface area contributed by atoms with Gasteiger partial charge < -0.3 is 10.7 Å². The minimum atomic E-state index is 0.521. The van der Waals surface area contributed by atoms with Crippen LogP contribution in [0, 0.1) is 19.8 Å². The van der Waals surface area contributed by atoms with Crippen LogP contribution in [-0.4, -0.2) is 30.0 Å². The molecule has 3 N–H and O–H groups in total. The summed E-state index contributed by atoms with van der Waals surface area (Å²) in [5.74, 6) is 0.639. The van der Waals surface area contributed by atoms with Crippen molar-refractivity contribution in [2.45, 2.75) is 26.3 Å². The summed E-state index contributed by atoms with van der Waals surface area (Å²) in [4.78, 5) is 5.88. The number of H-pyrrole nitrogens is 1. The number of likely N-dealkylation sites (tertiary alicyclic amines) is 1. The highest BCUT2D eigenvalue weighted by Crippen LogP contribution is 2.35. The van der Waals surface area contributed by atoms with Gasteiger partial charge in [-0.1, -0.05) is 6.07 Å². The van der Waals surface area contributed by atoms with Gasteiger partial charge >= 0.3 is 0 Å². The van der Waals surface area contributed by atoms with Crippen molar-refractivity contribution in [3.63, 3.8) is 0 Å². The van der Waals surface area contributed by atoms with Crippen molar-refractivity contribution >= 4 is 10.9 Å². The number of aromatic nitrogens is 1. The largest absolute Gasteiger partial charge is 0.358 e. The van der Waals surface area contributed by atoms with E-state index in [1.165, 1.54) is 34.1 Å². The van der Waals surface area contributed by atoms with E-state index in [2.05, 4.69) is 49.0 Å². The number of rotatable bonds is 2. The summed E-state index contributed by atoms with van der Waals surface area (Å²) < 4.78 is 0. The minimum Gasteiger partial charge on any atom is -0.358 e. The zero-order valence-electron chi connectivity index (χ0n) is 12.0. The van der Waals surface area contributed by atoms with Gasteiger partial charge in [0.1, 0.15) is 0 Å². The lowest BCUT2D eigenvalue weighted by Gasteiger charge is -2.19. The Morgan fingerprint density at radius 2 is 2.16 bits per heavy atom. The molecule has 0 saturated carbocycles. The predicted octanol–water partition coefficient (Wildman–Crippen LogP) is 2.74. The molecule has 3 rings (SSSR count). The molecule has 2 heterocycles. The number of hydrogen-bond donors (Lipinski definition) is 2. The van der Waals surface area contributed by atoms with Crippen LogP contribution >= 0.6 is 0 Å². The molecule has 2 atom stereocenters. The summed E-state index contributed by atoms with van der Waals surface area (Å²) in [6.45, 7) is 6.25. The maximum atomic E-state index is 5.82. The van der Waals surface area contributed by atoms with Gasteiger partial charge in [-0.15, -0.1) is 0 Å². The third-order valence-corrected chi connectivity index (χ3v) is 4.69. The second-order valence-electron chi connectivity index (χ2n) is 5.97. The lowest BCUT2D eigenvalue weighted by Crippen LogP contribution is -2.20. The van der Waals surface area contributed by atoms with Crippen molar-refractivity contribution in [2.24, 2.45) is 11.7 Å². The van der Waals surface area contributed by atoms with Gasteiger partial charge in [-0.25, -0.2) is 0 Å². The molecule has 1 aromatic carbocycles. The summed E-state index contributed by atoms with van der Waals surface area (Å²) in [5.41, 5.74) is 11.1. The Bertz CT molecular complexity index is 599. The Morgan fingerprint density at radius 1 is 1.37 bits per heavy atom. The van der Waals surface area contributed by atoms with Crippen LogP contribution in [0.15, 0.2) is 18.2 Å². The fraction of sp³-hybridized carbons (Fsp3) is 0.500. The lowest BCUT2D eigenvalue weighted by atomic mass is 9.98. The Balaban J connectivity index is 1.99. The van der Waals surface area contributed by atoms with E-state index in [1.54, 1.807) is 0 Å². The van der Waals surface area contributed by atoms with Crippen LogP contribution in [0.5, 0.6) is 0 Å². The fourth-order valence-corrected chi connectivity index (χ4v) is 3.35. The number of aryl methyl sites for hydroxylation is 2. The molecule has 19 heavy (non-hydrogen) atoms. The molecule has 1 fully saturated rings. The second kappa shape index (κ2) is 4.66. The molecule has 0 spiro atoms. The van der Waals surface area contributed by atoms with Crippen LogP contribution in [0.3, 0.4) is 0 Å². The highest BCUT2D eigenvalue weighted by molar-refractivity contribution is 5.85. The molecule has 0 bridgehead atoms. The van der Waals surface area contributed by atoms with Gasteiger partial charge in [-0.2, -0.15) is 0 Å².